The molecule has 0 bridgehead atoms. The van der Waals surface area contributed by atoms with Gasteiger partial charge in [0.25, 0.3) is 0 Å². The minimum atomic E-state index is 0.0607. The van der Waals surface area contributed by atoms with Gasteiger partial charge in [0.1, 0.15) is 0 Å². The Labute approximate surface area is 197 Å². The van der Waals surface area contributed by atoms with Gasteiger partial charge in [-0.2, -0.15) is 23.5 Å². The molecule has 0 N–H and O–H groups in total. The SMILES string of the molecule is CSCCCOC(=O)C(CCCCCCCCCCCCCC(C)C)CCCSC. The van der Waals surface area contributed by atoms with Gasteiger partial charge in [-0.1, -0.05) is 90.9 Å². The van der Waals surface area contributed by atoms with Gasteiger partial charge >= 0.3 is 5.97 Å². The van der Waals surface area contributed by atoms with Gasteiger partial charge in [0, 0.05) is 0 Å². The molecule has 0 amide bonds. The molecule has 0 aliphatic carbocycles. The fourth-order valence-corrected chi connectivity index (χ4v) is 4.74. The highest BCUT2D eigenvalue weighted by Crippen LogP contribution is 2.20. The molecule has 0 radical (unpaired) electrons. The summed E-state index contributed by atoms with van der Waals surface area (Å²) in [6.45, 7) is 5.24. The smallest absolute Gasteiger partial charge is 0.308 e. The fourth-order valence-electron chi connectivity index (χ4n) is 3.88. The molecule has 4 heteroatoms. The first-order chi connectivity index (χ1) is 14.6. The molecule has 180 valence electrons. The highest BCUT2D eigenvalue weighted by atomic mass is 32.2. The van der Waals surface area contributed by atoms with Crippen LogP contribution in [-0.4, -0.2) is 36.6 Å². The van der Waals surface area contributed by atoms with Crippen molar-refractivity contribution in [2.75, 3.05) is 30.6 Å². The first-order valence-electron chi connectivity index (χ1n) is 12.8. The highest BCUT2D eigenvalue weighted by Gasteiger charge is 2.19. The monoisotopic (exact) mass is 460 g/mol. The van der Waals surface area contributed by atoms with Crippen LogP contribution < -0.4 is 0 Å². The Kier molecular flexibility index (Phi) is 24.0. The normalized spacial score (nSPS) is 12.4. The van der Waals surface area contributed by atoms with E-state index in [0.29, 0.717) is 6.61 Å². The summed E-state index contributed by atoms with van der Waals surface area (Å²) in [4.78, 5) is 12.4. The van der Waals surface area contributed by atoms with E-state index in [9.17, 15) is 4.79 Å². The molecule has 0 aliphatic heterocycles. The van der Waals surface area contributed by atoms with E-state index in [4.69, 9.17) is 4.74 Å². The lowest BCUT2D eigenvalue weighted by Crippen LogP contribution is -2.19. The number of carbonyl (C=O) groups excluding carboxylic acids is 1. The van der Waals surface area contributed by atoms with E-state index in [1.807, 2.05) is 23.5 Å². The minimum Gasteiger partial charge on any atom is -0.465 e. The van der Waals surface area contributed by atoms with Crippen LogP contribution >= 0.6 is 23.5 Å². The van der Waals surface area contributed by atoms with Crippen molar-refractivity contribution in [1.82, 2.24) is 0 Å². The molecule has 1 atom stereocenters. The van der Waals surface area contributed by atoms with Crippen molar-refractivity contribution in [3.8, 4) is 0 Å². The molecular formula is C26H52O2S2. The molecule has 30 heavy (non-hydrogen) atoms. The van der Waals surface area contributed by atoms with Crippen molar-refractivity contribution in [2.24, 2.45) is 11.8 Å². The summed E-state index contributed by atoms with van der Waals surface area (Å²) in [6.07, 6.45) is 24.8. The Morgan fingerprint density at radius 3 is 1.57 bits per heavy atom. The van der Waals surface area contributed by atoms with Gasteiger partial charge in [0.05, 0.1) is 12.5 Å². The average Bonchev–Trinajstić information content (AvgIpc) is 2.73. The summed E-state index contributed by atoms with van der Waals surface area (Å²) < 4.78 is 5.55. The van der Waals surface area contributed by atoms with Crippen LogP contribution in [-0.2, 0) is 9.53 Å². The first-order valence-corrected chi connectivity index (χ1v) is 15.5. The summed E-state index contributed by atoms with van der Waals surface area (Å²) in [7, 11) is 0. The summed E-state index contributed by atoms with van der Waals surface area (Å²) in [5.41, 5.74) is 0. The Hall–Kier alpha value is 0.170. The molecule has 2 nitrogen and oxygen atoms in total. The van der Waals surface area contributed by atoms with E-state index in [1.54, 1.807) is 0 Å². The van der Waals surface area contributed by atoms with Crippen LogP contribution in [0, 0.1) is 11.8 Å². The number of thioether (sulfide) groups is 2. The Morgan fingerprint density at radius 1 is 0.633 bits per heavy atom. The molecule has 0 rings (SSSR count). The number of carbonyl (C=O) groups is 1. The molecule has 0 aromatic carbocycles. The molecule has 0 aromatic rings. The zero-order valence-corrected chi connectivity index (χ0v) is 22.4. The van der Waals surface area contributed by atoms with Crippen molar-refractivity contribution in [3.63, 3.8) is 0 Å². The number of esters is 1. The van der Waals surface area contributed by atoms with E-state index in [0.717, 1.165) is 43.1 Å². The van der Waals surface area contributed by atoms with Gasteiger partial charge in [0.2, 0.25) is 0 Å². The van der Waals surface area contributed by atoms with E-state index >= 15 is 0 Å². The molecule has 0 heterocycles. The third-order valence-corrected chi connectivity index (χ3v) is 7.20. The Morgan fingerprint density at radius 2 is 1.07 bits per heavy atom. The summed E-state index contributed by atoms with van der Waals surface area (Å²) in [6, 6.07) is 0. The number of unbranched alkanes of at least 4 members (excludes halogenated alkanes) is 10. The fraction of sp³-hybridized carbons (Fsp3) is 0.962. The van der Waals surface area contributed by atoms with E-state index < -0.39 is 0 Å². The van der Waals surface area contributed by atoms with Crippen LogP contribution in [0.1, 0.15) is 117 Å². The molecule has 1 unspecified atom stereocenters. The third kappa shape index (κ3) is 21.4. The predicted molar refractivity (Wildman–Crippen MR) is 140 cm³/mol. The van der Waals surface area contributed by atoms with Crippen LogP contribution in [0.3, 0.4) is 0 Å². The molecule has 0 saturated heterocycles. The predicted octanol–water partition coefficient (Wildman–Crippen LogP) is 8.77. The van der Waals surface area contributed by atoms with Crippen LogP contribution in [0.4, 0.5) is 0 Å². The van der Waals surface area contributed by atoms with Crippen molar-refractivity contribution < 1.29 is 9.53 Å². The first kappa shape index (κ1) is 30.2. The molecular weight excluding hydrogens is 408 g/mol. The Bertz CT molecular complexity index is 361. The Balaban J connectivity index is 3.68. The standard InChI is InChI=1S/C26H52O2S2/c1-24(2)18-14-12-10-8-6-5-7-9-11-13-15-19-25(20-16-22-29-3)26(27)28-21-17-23-30-4/h24-25H,5-23H2,1-4H3. The van der Waals surface area contributed by atoms with Gasteiger partial charge < -0.3 is 4.74 Å². The number of hydrogen-bond donors (Lipinski definition) is 0. The van der Waals surface area contributed by atoms with Crippen molar-refractivity contribution >= 4 is 29.5 Å². The second kappa shape index (κ2) is 23.8. The van der Waals surface area contributed by atoms with Gasteiger partial charge in [0.15, 0.2) is 0 Å². The van der Waals surface area contributed by atoms with Crippen LogP contribution in [0.25, 0.3) is 0 Å². The topological polar surface area (TPSA) is 26.3 Å². The second-order valence-corrected chi connectivity index (χ2v) is 11.2. The van der Waals surface area contributed by atoms with Gasteiger partial charge in [-0.15, -0.1) is 0 Å². The largest absolute Gasteiger partial charge is 0.465 e. The number of hydrogen-bond acceptors (Lipinski definition) is 4. The van der Waals surface area contributed by atoms with Gasteiger partial charge in [-0.05, 0) is 55.6 Å². The van der Waals surface area contributed by atoms with Crippen LogP contribution in [0.5, 0.6) is 0 Å². The van der Waals surface area contributed by atoms with Crippen LogP contribution in [0.2, 0.25) is 0 Å². The highest BCUT2D eigenvalue weighted by molar-refractivity contribution is 7.98. The zero-order chi connectivity index (χ0) is 22.3. The van der Waals surface area contributed by atoms with Crippen molar-refractivity contribution in [3.05, 3.63) is 0 Å². The lowest BCUT2D eigenvalue weighted by atomic mass is 9.96. The zero-order valence-electron chi connectivity index (χ0n) is 20.7. The van der Waals surface area contributed by atoms with Crippen molar-refractivity contribution in [2.45, 2.75) is 117 Å². The van der Waals surface area contributed by atoms with E-state index in [-0.39, 0.29) is 11.9 Å². The quantitative estimate of drug-likeness (QED) is 0.112. The maximum absolute atomic E-state index is 12.4. The minimum absolute atomic E-state index is 0.0607. The lowest BCUT2D eigenvalue weighted by Gasteiger charge is -2.16. The molecule has 0 aromatic heterocycles. The summed E-state index contributed by atoms with van der Waals surface area (Å²) in [5.74, 6) is 3.27. The maximum Gasteiger partial charge on any atom is 0.308 e. The summed E-state index contributed by atoms with van der Waals surface area (Å²) in [5, 5.41) is 0. The lowest BCUT2D eigenvalue weighted by molar-refractivity contribution is -0.149. The van der Waals surface area contributed by atoms with Crippen molar-refractivity contribution in [1.29, 1.82) is 0 Å². The molecule has 0 saturated carbocycles. The molecule has 0 fully saturated rings. The average molecular weight is 461 g/mol. The van der Waals surface area contributed by atoms with E-state index in [1.165, 1.54) is 77.0 Å². The third-order valence-electron chi connectivity index (χ3n) is 5.81. The summed E-state index contributed by atoms with van der Waals surface area (Å²) >= 11 is 3.69. The van der Waals surface area contributed by atoms with Gasteiger partial charge in [-0.3, -0.25) is 4.79 Å². The second-order valence-electron chi connectivity index (χ2n) is 9.21. The number of rotatable bonds is 23. The maximum atomic E-state index is 12.4. The number of ether oxygens (including phenoxy) is 1. The molecule has 0 spiro atoms. The van der Waals surface area contributed by atoms with Crippen LogP contribution in [0.15, 0.2) is 0 Å². The van der Waals surface area contributed by atoms with Gasteiger partial charge in [-0.25, -0.2) is 0 Å². The van der Waals surface area contributed by atoms with E-state index in [2.05, 4.69) is 26.4 Å². The molecule has 0 aliphatic rings.